The van der Waals surface area contributed by atoms with E-state index in [1.165, 1.54) is 0 Å². The first-order chi connectivity index (χ1) is 10.8. The van der Waals surface area contributed by atoms with Crippen LogP contribution in [0.15, 0.2) is 29.4 Å². The lowest BCUT2D eigenvalue weighted by Crippen LogP contribution is -2.04. The fourth-order valence-electron chi connectivity index (χ4n) is 2.09. The molecule has 0 atom stereocenters. The monoisotopic (exact) mass is 335 g/mol. The first-order valence-electron chi connectivity index (χ1n) is 6.56. The molecule has 0 bridgehead atoms. The molecule has 0 fully saturated rings. The highest BCUT2D eigenvalue weighted by molar-refractivity contribution is 7.85. The number of imidazole rings is 1. The Kier molecular flexibility index (Phi) is 3.62. The van der Waals surface area contributed by atoms with Gasteiger partial charge in [-0.2, -0.15) is 13.4 Å². The minimum Gasteiger partial charge on any atom is -0.508 e. The molecule has 0 aliphatic rings. The van der Waals surface area contributed by atoms with Crippen molar-refractivity contribution in [3.05, 3.63) is 35.7 Å². The molecular weight excluding hydrogens is 322 g/mol. The fraction of sp³-hybridized carbons (Fsp3) is 0.154. The van der Waals surface area contributed by atoms with Crippen LogP contribution in [0, 0.1) is 6.92 Å². The van der Waals surface area contributed by atoms with Gasteiger partial charge in [0.1, 0.15) is 17.1 Å². The number of hydrogen-bond donors (Lipinski definition) is 4. The standard InChI is InChI=1S/C13H13N5O4S/c1-7-15-11(14-6-8-3-2-4-9(19)5-8)10-12(16-7)18-13(17-10)23(20,21)22/h2-5,19H,6H2,1H3,(H,20,21,22)(H2,14,15,16,17,18). The second-order valence-corrected chi connectivity index (χ2v) is 6.20. The molecule has 0 saturated heterocycles. The normalized spacial score (nSPS) is 11.7. The van der Waals surface area contributed by atoms with Gasteiger partial charge in [0.2, 0.25) is 0 Å². The Morgan fingerprint density at radius 1 is 1.26 bits per heavy atom. The maximum absolute atomic E-state index is 11.2. The van der Waals surface area contributed by atoms with Gasteiger partial charge >= 0.3 is 10.1 Å². The van der Waals surface area contributed by atoms with Crippen molar-refractivity contribution in [2.75, 3.05) is 5.32 Å². The van der Waals surface area contributed by atoms with Crippen LogP contribution in [0.4, 0.5) is 5.82 Å². The lowest BCUT2D eigenvalue weighted by molar-refractivity contribution is 0.474. The second kappa shape index (κ2) is 5.48. The third kappa shape index (κ3) is 3.22. The van der Waals surface area contributed by atoms with Crippen LogP contribution in [-0.4, -0.2) is 38.0 Å². The highest BCUT2D eigenvalue weighted by atomic mass is 32.2. The van der Waals surface area contributed by atoms with Gasteiger partial charge in [-0.15, -0.1) is 0 Å². The number of phenols is 1. The quantitative estimate of drug-likeness (QED) is 0.522. The Labute approximate surface area is 131 Å². The summed E-state index contributed by atoms with van der Waals surface area (Å²) in [5, 5.41) is 11.9. The van der Waals surface area contributed by atoms with Crippen molar-refractivity contribution in [3.8, 4) is 5.75 Å². The predicted octanol–water partition coefficient (Wildman–Crippen LogP) is 1.23. The van der Waals surface area contributed by atoms with E-state index in [0.717, 1.165) is 5.56 Å². The van der Waals surface area contributed by atoms with Gasteiger partial charge in [0.25, 0.3) is 5.16 Å². The largest absolute Gasteiger partial charge is 0.508 e. The fourth-order valence-corrected chi connectivity index (χ4v) is 2.52. The maximum Gasteiger partial charge on any atom is 0.328 e. The second-order valence-electron chi connectivity index (χ2n) is 4.86. The van der Waals surface area contributed by atoms with E-state index < -0.39 is 15.3 Å². The lowest BCUT2D eigenvalue weighted by Gasteiger charge is -2.07. The number of aromatic nitrogens is 4. The zero-order chi connectivity index (χ0) is 16.6. The number of aromatic amines is 1. The van der Waals surface area contributed by atoms with Crippen molar-refractivity contribution in [2.24, 2.45) is 0 Å². The van der Waals surface area contributed by atoms with Gasteiger partial charge in [-0.05, 0) is 24.6 Å². The van der Waals surface area contributed by atoms with Crippen LogP contribution < -0.4 is 5.32 Å². The summed E-state index contributed by atoms with van der Waals surface area (Å²) >= 11 is 0. The van der Waals surface area contributed by atoms with Crippen LogP contribution in [0.25, 0.3) is 11.2 Å². The third-order valence-electron chi connectivity index (χ3n) is 3.06. The van der Waals surface area contributed by atoms with Crippen LogP contribution in [0.1, 0.15) is 11.4 Å². The van der Waals surface area contributed by atoms with E-state index in [1.54, 1.807) is 25.1 Å². The van der Waals surface area contributed by atoms with Crippen molar-refractivity contribution in [1.29, 1.82) is 0 Å². The zero-order valence-electron chi connectivity index (χ0n) is 12.0. The Hall–Kier alpha value is -2.72. The number of aromatic hydroxyl groups is 1. The van der Waals surface area contributed by atoms with E-state index >= 15 is 0 Å². The van der Waals surface area contributed by atoms with E-state index in [4.69, 9.17) is 4.55 Å². The molecule has 0 saturated carbocycles. The van der Waals surface area contributed by atoms with Crippen LogP contribution in [0.3, 0.4) is 0 Å². The molecule has 0 radical (unpaired) electrons. The number of benzene rings is 1. The van der Waals surface area contributed by atoms with Crippen LogP contribution >= 0.6 is 0 Å². The zero-order valence-corrected chi connectivity index (χ0v) is 12.8. The molecule has 0 aliphatic carbocycles. The third-order valence-corrected chi connectivity index (χ3v) is 3.74. The Morgan fingerprint density at radius 2 is 2.04 bits per heavy atom. The van der Waals surface area contributed by atoms with Crippen LogP contribution in [0.5, 0.6) is 5.75 Å². The molecule has 2 aromatic heterocycles. The highest BCUT2D eigenvalue weighted by Gasteiger charge is 2.18. The molecule has 10 heteroatoms. The first kappa shape index (κ1) is 15.2. The van der Waals surface area contributed by atoms with Gasteiger partial charge in [-0.25, -0.2) is 9.97 Å². The number of nitrogens with zero attached hydrogens (tertiary/aromatic N) is 3. The summed E-state index contributed by atoms with van der Waals surface area (Å²) in [6.07, 6.45) is 0. The van der Waals surface area contributed by atoms with E-state index in [-0.39, 0.29) is 16.9 Å². The Balaban J connectivity index is 1.98. The molecular formula is C13H13N5O4S. The first-order valence-corrected chi connectivity index (χ1v) is 8.00. The topological polar surface area (TPSA) is 141 Å². The predicted molar refractivity (Wildman–Crippen MR) is 81.7 cm³/mol. The molecule has 0 aliphatic heterocycles. The Morgan fingerprint density at radius 3 is 2.74 bits per heavy atom. The van der Waals surface area contributed by atoms with Crippen LogP contribution in [-0.2, 0) is 16.7 Å². The number of H-pyrrole nitrogens is 1. The van der Waals surface area contributed by atoms with E-state index in [2.05, 4.69) is 25.3 Å². The smallest absolute Gasteiger partial charge is 0.328 e. The number of nitrogens with one attached hydrogen (secondary N) is 2. The number of anilines is 1. The number of hydrogen-bond acceptors (Lipinski definition) is 7. The minimum absolute atomic E-state index is 0.128. The molecule has 9 nitrogen and oxygen atoms in total. The van der Waals surface area contributed by atoms with Crippen molar-refractivity contribution in [1.82, 2.24) is 19.9 Å². The van der Waals surface area contributed by atoms with Gasteiger partial charge in [-0.3, -0.25) is 4.55 Å². The van der Waals surface area contributed by atoms with Crippen molar-refractivity contribution in [3.63, 3.8) is 0 Å². The Bertz CT molecular complexity index is 983. The van der Waals surface area contributed by atoms with Gasteiger partial charge in [-0.1, -0.05) is 12.1 Å². The summed E-state index contributed by atoms with van der Waals surface area (Å²) in [6.45, 7) is 1.99. The van der Waals surface area contributed by atoms with E-state index in [9.17, 15) is 13.5 Å². The maximum atomic E-state index is 11.2. The number of phenolic OH excluding ortho intramolecular Hbond substituents is 1. The summed E-state index contributed by atoms with van der Waals surface area (Å²) in [5.41, 5.74) is 1.20. The molecule has 3 aromatic rings. The lowest BCUT2D eigenvalue weighted by atomic mass is 10.2. The molecule has 0 unspecified atom stereocenters. The number of rotatable bonds is 4. The highest BCUT2D eigenvalue weighted by Crippen LogP contribution is 2.21. The van der Waals surface area contributed by atoms with Gasteiger partial charge in [0.15, 0.2) is 11.5 Å². The summed E-state index contributed by atoms with van der Waals surface area (Å²) in [7, 11) is -4.46. The summed E-state index contributed by atoms with van der Waals surface area (Å²) in [5.74, 6) is 0.881. The molecule has 4 N–H and O–H groups in total. The average Bonchev–Trinajstić information content (AvgIpc) is 2.88. The summed E-state index contributed by atoms with van der Waals surface area (Å²) < 4.78 is 31.4. The van der Waals surface area contributed by atoms with Gasteiger partial charge < -0.3 is 15.4 Å². The van der Waals surface area contributed by atoms with Crippen LogP contribution in [0.2, 0.25) is 0 Å². The molecule has 0 spiro atoms. The van der Waals surface area contributed by atoms with Gasteiger partial charge in [0.05, 0.1) is 0 Å². The summed E-state index contributed by atoms with van der Waals surface area (Å²) in [4.78, 5) is 14.5. The molecule has 2 heterocycles. The molecule has 23 heavy (non-hydrogen) atoms. The number of fused-ring (bicyclic) bond motifs is 1. The summed E-state index contributed by atoms with van der Waals surface area (Å²) in [6, 6.07) is 6.67. The minimum atomic E-state index is -4.46. The van der Waals surface area contributed by atoms with Crippen molar-refractivity contribution >= 4 is 27.1 Å². The molecule has 120 valence electrons. The number of aryl methyl sites for hydroxylation is 1. The SMILES string of the molecule is Cc1nc(NCc2cccc(O)c2)c2[nH]c(S(=O)(=O)O)nc2n1. The van der Waals surface area contributed by atoms with Gasteiger partial charge in [0, 0.05) is 6.54 Å². The average molecular weight is 335 g/mol. The van der Waals surface area contributed by atoms with Crippen molar-refractivity contribution in [2.45, 2.75) is 18.6 Å². The van der Waals surface area contributed by atoms with E-state index in [0.29, 0.717) is 18.2 Å². The molecule has 1 aromatic carbocycles. The van der Waals surface area contributed by atoms with Crippen molar-refractivity contribution < 1.29 is 18.1 Å². The molecule has 0 amide bonds. The molecule has 3 rings (SSSR count). The van der Waals surface area contributed by atoms with E-state index in [1.807, 2.05) is 6.07 Å².